The summed E-state index contributed by atoms with van der Waals surface area (Å²) in [5.74, 6) is -1.01. The number of nitrogens with one attached hydrogen (secondary N) is 1. The summed E-state index contributed by atoms with van der Waals surface area (Å²) in [6.07, 6.45) is -1.03. The SMILES string of the molecule is Cc1ccc(NC(=O)C(C)OC(=O)COc2c(C)cccc2C)cc1F. The summed E-state index contributed by atoms with van der Waals surface area (Å²) >= 11 is 0. The molecule has 6 heteroatoms. The van der Waals surface area contributed by atoms with Crippen molar-refractivity contribution in [2.45, 2.75) is 33.8 Å². The molecule has 0 saturated carbocycles. The smallest absolute Gasteiger partial charge is 0.344 e. The predicted molar refractivity (Wildman–Crippen MR) is 96.7 cm³/mol. The first-order valence-electron chi connectivity index (χ1n) is 8.23. The van der Waals surface area contributed by atoms with Gasteiger partial charge in [-0.3, -0.25) is 4.79 Å². The number of amides is 1. The Kier molecular flexibility index (Phi) is 6.33. The van der Waals surface area contributed by atoms with E-state index in [1.807, 2.05) is 32.0 Å². The Morgan fingerprint density at radius 3 is 2.35 bits per heavy atom. The van der Waals surface area contributed by atoms with Crippen LogP contribution in [0.2, 0.25) is 0 Å². The summed E-state index contributed by atoms with van der Waals surface area (Å²) in [7, 11) is 0. The Balaban J connectivity index is 1.87. The molecule has 0 aliphatic heterocycles. The molecule has 1 unspecified atom stereocenters. The summed E-state index contributed by atoms with van der Waals surface area (Å²) in [5.41, 5.74) is 2.59. The van der Waals surface area contributed by atoms with Crippen molar-refractivity contribution in [2.24, 2.45) is 0 Å². The summed E-state index contributed by atoms with van der Waals surface area (Å²) in [6.45, 7) is 6.52. The molecule has 0 fully saturated rings. The molecule has 0 bridgehead atoms. The van der Waals surface area contributed by atoms with E-state index in [0.717, 1.165) is 11.1 Å². The molecule has 0 aliphatic rings. The molecule has 0 spiro atoms. The van der Waals surface area contributed by atoms with Crippen molar-refractivity contribution in [3.8, 4) is 5.75 Å². The summed E-state index contributed by atoms with van der Waals surface area (Å²) in [6, 6.07) is 10.0. The molecule has 1 amide bonds. The van der Waals surface area contributed by atoms with Crippen molar-refractivity contribution in [3.05, 3.63) is 58.9 Å². The molecule has 2 aromatic rings. The van der Waals surface area contributed by atoms with Crippen LogP contribution in [0.5, 0.6) is 5.75 Å². The third kappa shape index (κ3) is 5.05. The fourth-order valence-corrected chi connectivity index (χ4v) is 2.36. The Hall–Kier alpha value is -2.89. The van der Waals surface area contributed by atoms with Crippen LogP contribution in [0.15, 0.2) is 36.4 Å². The lowest BCUT2D eigenvalue weighted by Crippen LogP contribution is -2.31. The third-order valence-corrected chi connectivity index (χ3v) is 3.86. The standard InChI is InChI=1S/C20H22FNO4/c1-12-8-9-16(10-17(12)21)22-20(24)15(4)26-18(23)11-25-19-13(2)6-5-7-14(19)3/h5-10,15H,11H2,1-4H3,(H,22,24). The zero-order valence-corrected chi connectivity index (χ0v) is 15.3. The Labute approximate surface area is 152 Å². The molecule has 1 N–H and O–H groups in total. The van der Waals surface area contributed by atoms with E-state index in [2.05, 4.69) is 5.32 Å². The predicted octanol–water partition coefficient (Wildman–Crippen LogP) is 3.70. The monoisotopic (exact) mass is 359 g/mol. The lowest BCUT2D eigenvalue weighted by molar-refractivity contribution is -0.155. The number of para-hydroxylation sites is 1. The van der Waals surface area contributed by atoms with Crippen LogP contribution >= 0.6 is 0 Å². The van der Waals surface area contributed by atoms with E-state index in [0.29, 0.717) is 17.0 Å². The number of rotatable bonds is 6. The summed E-state index contributed by atoms with van der Waals surface area (Å²) < 4.78 is 24.1. The van der Waals surface area contributed by atoms with E-state index < -0.39 is 23.8 Å². The van der Waals surface area contributed by atoms with Crippen LogP contribution in [-0.4, -0.2) is 24.6 Å². The second-order valence-electron chi connectivity index (χ2n) is 6.09. The highest BCUT2D eigenvalue weighted by molar-refractivity contribution is 5.95. The number of hydrogen-bond acceptors (Lipinski definition) is 4. The molecule has 1 atom stereocenters. The molecule has 0 heterocycles. The van der Waals surface area contributed by atoms with Crippen LogP contribution in [0, 0.1) is 26.6 Å². The second kappa shape index (κ2) is 8.47. The number of aryl methyl sites for hydroxylation is 3. The van der Waals surface area contributed by atoms with Gasteiger partial charge in [-0.15, -0.1) is 0 Å². The minimum absolute atomic E-state index is 0.299. The molecule has 2 rings (SSSR count). The van der Waals surface area contributed by atoms with Gasteiger partial charge in [0.2, 0.25) is 0 Å². The first kappa shape index (κ1) is 19.4. The van der Waals surface area contributed by atoms with E-state index in [4.69, 9.17) is 9.47 Å². The lowest BCUT2D eigenvalue weighted by atomic mass is 10.1. The van der Waals surface area contributed by atoms with E-state index in [9.17, 15) is 14.0 Å². The minimum Gasteiger partial charge on any atom is -0.481 e. The first-order chi connectivity index (χ1) is 12.3. The first-order valence-corrected chi connectivity index (χ1v) is 8.23. The Morgan fingerprint density at radius 1 is 1.08 bits per heavy atom. The van der Waals surface area contributed by atoms with Gasteiger partial charge in [0.15, 0.2) is 12.7 Å². The van der Waals surface area contributed by atoms with Crippen LogP contribution < -0.4 is 10.1 Å². The van der Waals surface area contributed by atoms with Gasteiger partial charge in [0.1, 0.15) is 11.6 Å². The number of esters is 1. The van der Waals surface area contributed by atoms with E-state index >= 15 is 0 Å². The van der Waals surface area contributed by atoms with Crippen LogP contribution in [-0.2, 0) is 14.3 Å². The molecular weight excluding hydrogens is 337 g/mol. The highest BCUT2D eigenvalue weighted by atomic mass is 19.1. The second-order valence-corrected chi connectivity index (χ2v) is 6.09. The zero-order chi connectivity index (χ0) is 19.3. The van der Waals surface area contributed by atoms with E-state index in [1.165, 1.54) is 13.0 Å². The third-order valence-electron chi connectivity index (χ3n) is 3.86. The molecule has 0 radical (unpaired) electrons. The highest BCUT2D eigenvalue weighted by Gasteiger charge is 2.19. The molecule has 0 aromatic heterocycles. The van der Waals surface area contributed by atoms with Crippen molar-refractivity contribution >= 4 is 17.6 Å². The number of carbonyl (C=O) groups excluding carboxylic acids is 2. The number of ether oxygens (including phenoxy) is 2. The molecule has 138 valence electrons. The normalized spacial score (nSPS) is 11.6. The maximum Gasteiger partial charge on any atom is 0.344 e. The maximum atomic E-state index is 13.5. The number of halogens is 1. The van der Waals surface area contributed by atoms with Crippen LogP contribution in [0.3, 0.4) is 0 Å². The van der Waals surface area contributed by atoms with Gasteiger partial charge in [-0.2, -0.15) is 0 Å². The van der Waals surface area contributed by atoms with Crippen LogP contribution in [0.4, 0.5) is 10.1 Å². The molecule has 5 nitrogen and oxygen atoms in total. The van der Waals surface area contributed by atoms with Gasteiger partial charge in [-0.1, -0.05) is 24.3 Å². The number of carbonyl (C=O) groups is 2. The molecule has 2 aromatic carbocycles. The van der Waals surface area contributed by atoms with Gasteiger partial charge in [0, 0.05) is 5.69 Å². The maximum absolute atomic E-state index is 13.5. The van der Waals surface area contributed by atoms with E-state index in [1.54, 1.807) is 19.1 Å². The number of hydrogen-bond donors (Lipinski definition) is 1. The Morgan fingerprint density at radius 2 is 1.73 bits per heavy atom. The quantitative estimate of drug-likeness (QED) is 0.799. The summed E-state index contributed by atoms with van der Waals surface area (Å²) in [4.78, 5) is 24.0. The topological polar surface area (TPSA) is 64.6 Å². The largest absolute Gasteiger partial charge is 0.481 e. The minimum atomic E-state index is -1.03. The highest BCUT2D eigenvalue weighted by Crippen LogP contribution is 2.22. The van der Waals surface area contributed by atoms with Crippen LogP contribution in [0.25, 0.3) is 0 Å². The van der Waals surface area contributed by atoms with E-state index in [-0.39, 0.29) is 6.61 Å². The fraction of sp³-hybridized carbons (Fsp3) is 0.300. The van der Waals surface area contributed by atoms with Gasteiger partial charge >= 0.3 is 5.97 Å². The van der Waals surface area contributed by atoms with Crippen molar-refractivity contribution in [3.63, 3.8) is 0 Å². The lowest BCUT2D eigenvalue weighted by Gasteiger charge is -2.15. The van der Waals surface area contributed by atoms with Gasteiger partial charge in [-0.25, -0.2) is 9.18 Å². The Bertz CT molecular complexity index is 799. The van der Waals surface area contributed by atoms with Gasteiger partial charge in [0.25, 0.3) is 5.91 Å². The van der Waals surface area contributed by atoms with Crippen molar-refractivity contribution in [2.75, 3.05) is 11.9 Å². The van der Waals surface area contributed by atoms with Gasteiger partial charge in [-0.05, 0) is 56.5 Å². The van der Waals surface area contributed by atoms with Crippen molar-refractivity contribution in [1.82, 2.24) is 0 Å². The fourth-order valence-electron chi connectivity index (χ4n) is 2.36. The van der Waals surface area contributed by atoms with Gasteiger partial charge in [0.05, 0.1) is 0 Å². The number of anilines is 1. The van der Waals surface area contributed by atoms with Crippen molar-refractivity contribution < 1.29 is 23.5 Å². The number of benzene rings is 2. The molecule has 0 saturated heterocycles. The van der Waals surface area contributed by atoms with Gasteiger partial charge < -0.3 is 14.8 Å². The average Bonchev–Trinajstić information content (AvgIpc) is 2.57. The molecule has 26 heavy (non-hydrogen) atoms. The zero-order valence-electron chi connectivity index (χ0n) is 15.3. The van der Waals surface area contributed by atoms with Crippen LogP contribution in [0.1, 0.15) is 23.6 Å². The molecule has 0 aliphatic carbocycles. The average molecular weight is 359 g/mol. The molecular formula is C20H22FNO4. The van der Waals surface area contributed by atoms with Crippen molar-refractivity contribution in [1.29, 1.82) is 0 Å². The summed E-state index contributed by atoms with van der Waals surface area (Å²) in [5, 5.41) is 2.51.